The maximum Gasteiger partial charge on any atom is 0.309 e. The maximum absolute atomic E-state index is 14.2. The largest absolute Gasteiger partial charge is 0.379 e. The summed E-state index contributed by atoms with van der Waals surface area (Å²) in [5.74, 6) is -1.44. The second-order valence-corrected chi connectivity index (χ2v) is 9.89. The predicted octanol–water partition coefficient (Wildman–Crippen LogP) is 1.70. The number of anilines is 1. The molecule has 0 saturated carbocycles. The van der Waals surface area contributed by atoms with Gasteiger partial charge in [0.1, 0.15) is 5.82 Å². The van der Waals surface area contributed by atoms with Gasteiger partial charge < -0.3 is 20.3 Å². The molecule has 2 aromatic rings. The number of carbonyl (C=O) groups is 2. The number of para-hydroxylation sites is 1. The lowest BCUT2D eigenvalue weighted by Gasteiger charge is -2.42. The van der Waals surface area contributed by atoms with Gasteiger partial charge in [-0.25, -0.2) is 4.39 Å². The van der Waals surface area contributed by atoms with Crippen molar-refractivity contribution >= 4 is 28.8 Å². The molecular weight excluding hydrogens is 469 g/mol. The molecule has 2 atom stereocenters. The molecule has 2 amide bonds. The summed E-state index contributed by atoms with van der Waals surface area (Å²) in [6, 6.07) is 10.6. The van der Waals surface area contributed by atoms with Crippen LogP contribution in [0.2, 0.25) is 0 Å². The van der Waals surface area contributed by atoms with Crippen molar-refractivity contribution in [3.63, 3.8) is 0 Å². The lowest BCUT2D eigenvalue weighted by molar-refractivity contribution is -0.139. The lowest BCUT2D eigenvalue weighted by atomic mass is 10.0. The summed E-state index contributed by atoms with van der Waals surface area (Å²) in [4.78, 5) is 32.8. The number of piperazine rings is 1. The summed E-state index contributed by atoms with van der Waals surface area (Å²) < 4.78 is 19.6. The van der Waals surface area contributed by atoms with Crippen molar-refractivity contribution in [3.05, 3.63) is 52.5 Å². The molecule has 2 N–H and O–H groups in total. The van der Waals surface area contributed by atoms with Crippen LogP contribution in [0.3, 0.4) is 0 Å². The number of rotatable bonds is 8. The Balaban J connectivity index is 1.32. The molecule has 2 aliphatic rings. The molecule has 4 rings (SSSR count). The fraction of sp³-hybridized carbons (Fsp3) is 0.520. The normalized spacial score (nSPS) is 19.2. The molecule has 0 spiro atoms. The Bertz CT molecular complexity index is 962. The average molecular weight is 504 g/mol. The van der Waals surface area contributed by atoms with Crippen LogP contribution in [0.25, 0.3) is 0 Å². The van der Waals surface area contributed by atoms with E-state index in [1.807, 2.05) is 30.5 Å². The second kappa shape index (κ2) is 12.4. The maximum atomic E-state index is 14.2. The van der Waals surface area contributed by atoms with Crippen molar-refractivity contribution in [3.8, 4) is 0 Å². The van der Waals surface area contributed by atoms with Gasteiger partial charge >= 0.3 is 11.8 Å². The molecule has 10 heteroatoms. The first kappa shape index (κ1) is 25.6. The van der Waals surface area contributed by atoms with Crippen molar-refractivity contribution < 1.29 is 18.7 Å². The molecule has 0 aliphatic carbocycles. The summed E-state index contributed by atoms with van der Waals surface area (Å²) in [6.45, 7) is 8.96. The standard InChI is InChI=1S/C25H34FN5O3S/c1-19(28-25(33)24(32)27-8-9-29-14-16-34-17-15-29)23(22-7-4-18-35-22)31-12-10-30(11-13-31)21-6-3-2-5-20(21)26/h2-7,18-19,23H,8-17H2,1H3,(H,27,32)(H,28,33)/t19-,23+/m0/s1. The summed E-state index contributed by atoms with van der Waals surface area (Å²) in [5.41, 5.74) is 0.620. The van der Waals surface area contributed by atoms with Crippen molar-refractivity contribution in [2.75, 3.05) is 70.5 Å². The number of carbonyl (C=O) groups excluding carboxylic acids is 2. The van der Waals surface area contributed by atoms with E-state index in [0.717, 1.165) is 31.1 Å². The molecule has 0 radical (unpaired) electrons. The molecule has 1 aromatic carbocycles. The minimum absolute atomic E-state index is 0.0668. The van der Waals surface area contributed by atoms with Crippen LogP contribution in [0.5, 0.6) is 0 Å². The van der Waals surface area contributed by atoms with Crippen LogP contribution >= 0.6 is 11.3 Å². The SMILES string of the molecule is C[C@H](NC(=O)C(=O)NCCN1CCOCC1)[C@H](c1cccs1)N1CCN(c2ccccc2F)CC1. The first-order chi connectivity index (χ1) is 17.0. The Labute approximate surface area is 210 Å². The molecule has 3 heterocycles. The van der Waals surface area contributed by atoms with Crippen LogP contribution in [0, 0.1) is 5.82 Å². The molecule has 8 nitrogen and oxygen atoms in total. The summed E-state index contributed by atoms with van der Waals surface area (Å²) in [7, 11) is 0. The van der Waals surface area contributed by atoms with Crippen molar-refractivity contribution in [1.82, 2.24) is 20.4 Å². The monoisotopic (exact) mass is 503 g/mol. The number of ether oxygens (including phenoxy) is 1. The number of nitrogens with zero attached hydrogens (tertiary/aromatic N) is 3. The molecule has 35 heavy (non-hydrogen) atoms. The van der Waals surface area contributed by atoms with E-state index in [0.29, 0.717) is 45.1 Å². The Hall–Kier alpha value is -2.53. The van der Waals surface area contributed by atoms with Gasteiger partial charge in [-0.15, -0.1) is 11.3 Å². The summed E-state index contributed by atoms with van der Waals surface area (Å²) in [5, 5.41) is 7.66. The first-order valence-electron chi connectivity index (χ1n) is 12.2. The van der Waals surface area contributed by atoms with E-state index in [2.05, 4.69) is 31.4 Å². The average Bonchev–Trinajstić information content (AvgIpc) is 3.40. The van der Waals surface area contributed by atoms with E-state index in [1.165, 1.54) is 6.07 Å². The van der Waals surface area contributed by atoms with Gasteiger partial charge in [0.05, 0.1) is 24.9 Å². The number of benzene rings is 1. The van der Waals surface area contributed by atoms with E-state index in [1.54, 1.807) is 17.4 Å². The van der Waals surface area contributed by atoms with Gasteiger partial charge in [-0.2, -0.15) is 0 Å². The number of nitrogens with one attached hydrogen (secondary N) is 2. The quantitative estimate of drug-likeness (QED) is 0.534. The third-order valence-electron chi connectivity index (χ3n) is 6.59. The van der Waals surface area contributed by atoms with E-state index in [-0.39, 0.29) is 17.9 Å². The highest BCUT2D eigenvalue weighted by atomic mass is 32.1. The molecule has 2 saturated heterocycles. The van der Waals surface area contributed by atoms with Crippen LogP contribution in [0.4, 0.5) is 10.1 Å². The van der Waals surface area contributed by atoms with Gasteiger partial charge in [-0.1, -0.05) is 18.2 Å². The molecule has 190 valence electrons. The summed E-state index contributed by atoms with van der Waals surface area (Å²) >= 11 is 1.63. The molecule has 2 fully saturated rings. The van der Waals surface area contributed by atoms with E-state index >= 15 is 0 Å². The van der Waals surface area contributed by atoms with Crippen molar-refractivity contribution in [2.24, 2.45) is 0 Å². The van der Waals surface area contributed by atoms with E-state index in [9.17, 15) is 14.0 Å². The smallest absolute Gasteiger partial charge is 0.309 e. The second-order valence-electron chi connectivity index (χ2n) is 8.91. The molecule has 1 aromatic heterocycles. The molecule has 0 bridgehead atoms. The highest BCUT2D eigenvalue weighted by Crippen LogP contribution is 2.30. The molecule has 0 unspecified atom stereocenters. The van der Waals surface area contributed by atoms with E-state index < -0.39 is 11.8 Å². The topological polar surface area (TPSA) is 77.1 Å². The fourth-order valence-corrected chi connectivity index (χ4v) is 5.70. The Morgan fingerprint density at radius 3 is 2.46 bits per heavy atom. The summed E-state index contributed by atoms with van der Waals surface area (Å²) in [6.07, 6.45) is 0. The minimum Gasteiger partial charge on any atom is -0.379 e. The first-order valence-corrected chi connectivity index (χ1v) is 13.1. The minimum atomic E-state index is -0.619. The number of halogens is 1. The number of hydrogen-bond donors (Lipinski definition) is 2. The van der Waals surface area contributed by atoms with Crippen LogP contribution in [-0.4, -0.2) is 93.2 Å². The number of morpholine rings is 1. The van der Waals surface area contributed by atoms with Gasteiger partial charge in [0, 0.05) is 63.3 Å². The van der Waals surface area contributed by atoms with Crippen molar-refractivity contribution in [2.45, 2.75) is 19.0 Å². The zero-order valence-electron chi connectivity index (χ0n) is 20.1. The Morgan fingerprint density at radius 2 is 1.77 bits per heavy atom. The predicted molar refractivity (Wildman–Crippen MR) is 135 cm³/mol. The number of amides is 2. The lowest BCUT2D eigenvalue weighted by Crippen LogP contribution is -2.54. The molecule has 2 aliphatic heterocycles. The van der Waals surface area contributed by atoms with Gasteiger partial charge in [0.25, 0.3) is 0 Å². The van der Waals surface area contributed by atoms with Crippen LogP contribution in [0.1, 0.15) is 17.8 Å². The number of hydrogen-bond acceptors (Lipinski definition) is 7. The van der Waals surface area contributed by atoms with Crippen LogP contribution in [-0.2, 0) is 14.3 Å². The number of thiophene rings is 1. The Kier molecular flexibility index (Phi) is 9.08. The highest BCUT2D eigenvalue weighted by molar-refractivity contribution is 7.10. The van der Waals surface area contributed by atoms with Crippen molar-refractivity contribution in [1.29, 1.82) is 0 Å². The van der Waals surface area contributed by atoms with Gasteiger partial charge in [-0.05, 0) is 30.5 Å². The fourth-order valence-electron chi connectivity index (χ4n) is 4.74. The zero-order valence-corrected chi connectivity index (χ0v) is 20.9. The molecular formula is C25H34FN5O3S. The highest BCUT2D eigenvalue weighted by Gasteiger charge is 2.32. The van der Waals surface area contributed by atoms with Gasteiger partial charge in [0.2, 0.25) is 0 Å². The Morgan fingerprint density at radius 1 is 1.03 bits per heavy atom. The third-order valence-corrected chi connectivity index (χ3v) is 7.53. The van der Waals surface area contributed by atoms with E-state index in [4.69, 9.17) is 4.74 Å². The van der Waals surface area contributed by atoms with Gasteiger partial charge in [-0.3, -0.25) is 19.4 Å². The van der Waals surface area contributed by atoms with Crippen LogP contribution < -0.4 is 15.5 Å². The zero-order chi connectivity index (χ0) is 24.6. The van der Waals surface area contributed by atoms with Gasteiger partial charge in [0.15, 0.2) is 0 Å². The van der Waals surface area contributed by atoms with Crippen LogP contribution in [0.15, 0.2) is 41.8 Å². The third kappa shape index (κ3) is 6.78.